The van der Waals surface area contributed by atoms with E-state index in [4.69, 9.17) is 5.73 Å². The molecule has 0 bridgehead atoms. The lowest BCUT2D eigenvalue weighted by atomic mass is 9.99. The molecule has 1 rings (SSSR count). The molecule has 1 aromatic rings. The molecule has 3 heteroatoms. The van der Waals surface area contributed by atoms with Gasteiger partial charge in [0.25, 0.3) is 0 Å². The number of rotatable bonds is 3. The average Bonchev–Trinajstić information content (AvgIpc) is 2.13. The fraction of sp³-hybridized carbons (Fsp3) is 0.455. The molecular formula is C11H16BrNO. The van der Waals surface area contributed by atoms with E-state index in [-0.39, 0.29) is 0 Å². The summed E-state index contributed by atoms with van der Waals surface area (Å²) < 4.78 is 0.761. The van der Waals surface area contributed by atoms with Crippen LogP contribution in [0.2, 0.25) is 0 Å². The van der Waals surface area contributed by atoms with Gasteiger partial charge in [0.15, 0.2) is 0 Å². The second-order valence-electron chi connectivity index (χ2n) is 3.80. The van der Waals surface area contributed by atoms with Gasteiger partial charge in [0.2, 0.25) is 0 Å². The van der Waals surface area contributed by atoms with Crippen molar-refractivity contribution < 1.29 is 5.11 Å². The first-order valence-corrected chi connectivity index (χ1v) is 5.52. The van der Waals surface area contributed by atoms with Gasteiger partial charge in [-0.25, -0.2) is 0 Å². The summed E-state index contributed by atoms with van der Waals surface area (Å²) in [6, 6.07) is 3.91. The summed E-state index contributed by atoms with van der Waals surface area (Å²) in [6.45, 7) is 4.74. The fourth-order valence-corrected chi connectivity index (χ4v) is 2.04. The first-order chi connectivity index (χ1) is 6.54. The molecule has 0 aliphatic heterocycles. The molecule has 1 atom stereocenters. The van der Waals surface area contributed by atoms with E-state index in [2.05, 4.69) is 22.9 Å². The minimum absolute atomic E-state index is 0.343. The molecule has 2 nitrogen and oxygen atoms in total. The van der Waals surface area contributed by atoms with Gasteiger partial charge in [0, 0.05) is 0 Å². The number of phenolic OH excluding ortho intramolecular Hbond substituents is 1. The van der Waals surface area contributed by atoms with Crippen molar-refractivity contribution in [3.8, 4) is 5.75 Å². The zero-order valence-corrected chi connectivity index (χ0v) is 10.1. The van der Waals surface area contributed by atoms with Crippen molar-refractivity contribution in [2.24, 2.45) is 11.7 Å². The van der Waals surface area contributed by atoms with Crippen LogP contribution in [0.25, 0.3) is 0 Å². The van der Waals surface area contributed by atoms with E-state index in [0.717, 1.165) is 22.0 Å². The quantitative estimate of drug-likeness (QED) is 0.875. The standard InChI is InChI=1S/C11H16BrNO/c1-7-3-9(4-8(2)6-13)11(14)10(12)5-7/h3,5,8,14H,4,6,13H2,1-2H3. The van der Waals surface area contributed by atoms with Gasteiger partial charge in [-0.1, -0.05) is 13.0 Å². The average molecular weight is 258 g/mol. The summed E-state index contributed by atoms with van der Waals surface area (Å²) in [6.07, 6.45) is 0.822. The highest BCUT2D eigenvalue weighted by molar-refractivity contribution is 9.10. The van der Waals surface area contributed by atoms with Crippen LogP contribution in [-0.4, -0.2) is 11.7 Å². The molecule has 3 N–H and O–H groups in total. The van der Waals surface area contributed by atoms with Crippen LogP contribution < -0.4 is 5.73 Å². The Morgan fingerprint density at radius 1 is 1.50 bits per heavy atom. The molecule has 0 saturated carbocycles. The third kappa shape index (κ3) is 2.72. The second-order valence-corrected chi connectivity index (χ2v) is 4.65. The van der Waals surface area contributed by atoms with E-state index in [0.29, 0.717) is 18.2 Å². The Kier molecular flexibility index (Phi) is 3.96. The van der Waals surface area contributed by atoms with E-state index in [1.807, 2.05) is 19.1 Å². The lowest BCUT2D eigenvalue weighted by Crippen LogP contribution is -2.13. The van der Waals surface area contributed by atoms with Crippen molar-refractivity contribution in [1.82, 2.24) is 0 Å². The van der Waals surface area contributed by atoms with Gasteiger partial charge in [-0.15, -0.1) is 0 Å². The highest BCUT2D eigenvalue weighted by Gasteiger charge is 2.09. The number of nitrogens with two attached hydrogens (primary N) is 1. The minimum Gasteiger partial charge on any atom is -0.506 e. The van der Waals surface area contributed by atoms with Crippen molar-refractivity contribution in [1.29, 1.82) is 0 Å². The van der Waals surface area contributed by atoms with Gasteiger partial charge in [-0.05, 0) is 58.9 Å². The first kappa shape index (κ1) is 11.5. The minimum atomic E-state index is 0.343. The molecule has 78 valence electrons. The molecule has 0 heterocycles. The fourth-order valence-electron chi connectivity index (χ4n) is 1.42. The Balaban J connectivity index is 2.96. The van der Waals surface area contributed by atoms with E-state index >= 15 is 0 Å². The van der Waals surface area contributed by atoms with Gasteiger partial charge < -0.3 is 10.8 Å². The largest absolute Gasteiger partial charge is 0.506 e. The maximum absolute atomic E-state index is 9.78. The molecule has 0 saturated heterocycles. The number of hydrogen-bond acceptors (Lipinski definition) is 2. The molecular weight excluding hydrogens is 242 g/mol. The van der Waals surface area contributed by atoms with Crippen LogP contribution >= 0.6 is 15.9 Å². The van der Waals surface area contributed by atoms with Crippen molar-refractivity contribution in [3.63, 3.8) is 0 Å². The number of aromatic hydroxyl groups is 1. The van der Waals surface area contributed by atoms with Crippen LogP contribution in [-0.2, 0) is 6.42 Å². The number of halogens is 1. The van der Waals surface area contributed by atoms with Crippen molar-refractivity contribution in [3.05, 3.63) is 27.7 Å². The van der Waals surface area contributed by atoms with Crippen LogP contribution in [0.15, 0.2) is 16.6 Å². The Bertz CT molecular complexity index is 325. The summed E-state index contributed by atoms with van der Waals surface area (Å²) in [7, 11) is 0. The number of benzene rings is 1. The highest BCUT2D eigenvalue weighted by atomic mass is 79.9. The van der Waals surface area contributed by atoms with Crippen molar-refractivity contribution >= 4 is 15.9 Å². The second kappa shape index (κ2) is 4.80. The predicted octanol–water partition coefficient (Wildman–Crippen LogP) is 2.60. The molecule has 0 spiro atoms. The molecule has 0 radical (unpaired) electrons. The summed E-state index contributed by atoms with van der Waals surface area (Å²) in [5, 5.41) is 9.78. The van der Waals surface area contributed by atoms with E-state index in [1.165, 1.54) is 0 Å². The van der Waals surface area contributed by atoms with Gasteiger partial charge in [-0.2, -0.15) is 0 Å². The van der Waals surface area contributed by atoms with Gasteiger partial charge in [0.1, 0.15) is 5.75 Å². The SMILES string of the molecule is Cc1cc(Br)c(O)c(CC(C)CN)c1. The molecule has 0 amide bonds. The number of phenols is 1. The zero-order valence-electron chi connectivity index (χ0n) is 8.55. The third-order valence-electron chi connectivity index (χ3n) is 2.26. The van der Waals surface area contributed by atoms with Crippen LogP contribution in [0.5, 0.6) is 5.75 Å². The van der Waals surface area contributed by atoms with Crippen LogP contribution in [0.4, 0.5) is 0 Å². The lowest BCUT2D eigenvalue weighted by molar-refractivity contribution is 0.456. The molecule has 0 aliphatic rings. The highest BCUT2D eigenvalue weighted by Crippen LogP contribution is 2.30. The van der Waals surface area contributed by atoms with Crippen molar-refractivity contribution in [2.75, 3.05) is 6.54 Å². The maximum Gasteiger partial charge on any atom is 0.132 e. The number of hydrogen-bond donors (Lipinski definition) is 2. The molecule has 1 unspecified atom stereocenters. The van der Waals surface area contributed by atoms with Crippen molar-refractivity contribution in [2.45, 2.75) is 20.3 Å². The molecule has 0 aromatic heterocycles. The third-order valence-corrected chi connectivity index (χ3v) is 2.86. The summed E-state index contributed by atoms with van der Waals surface area (Å²) >= 11 is 3.33. The molecule has 0 aliphatic carbocycles. The Morgan fingerprint density at radius 2 is 2.14 bits per heavy atom. The van der Waals surface area contributed by atoms with E-state index in [1.54, 1.807) is 0 Å². The van der Waals surface area contributed by atoms with Crippen LogP contribution in [0, 0.1) is 12.8 Å². The summed E-state index contributed by atoms with van der Waals surface area (Å²) in [5.41, 5.74) is 7.67. The van der Waals surface area contributed by atoms with Gasteiger partial charge >= 0.3 is 0 Å². The zero-order chi connectivity index (χ0) is 10.7. The monoisotopic (exact) mass is 257 g/mol. The summed E-state index contributed by atoms with van der Waals surface area (Å²) in [5.74, 6) is 0.741. The first-order valence-electron chi connectivity index (χ1n) is 4.72. The molecule has 0 fully saturated rings. The molecule has 1 aromatic carbocycles. The number of aryl methyl sites for hydroxylation is 1. The molecule has 14 heavy (non-hydrogen) atoms. The Morgan fingerprint density at radius 3 is 2.71 bits per heavy atom. The lowest BCUT2D eigenvalue weighted by Gasteiger charge is -2.11. The van der Waals surface area contributed by atoms with E-state index < -0.39 is 0 Å². The van der Waals surface area contributed by atoms with Crippen LogP contribution in [0.1, 0.15) is 18.1 Å². The van der Waals surface area contributed by atoms with Gasteiger partial charge in [0.05, 0.1) is 4.47 Å². The maximum atomic E-state index is 9.78. The van der Waals surface area contributed by atoms with Gasteiger partial charge in [-0.3, -0.25) is 0 Å². The predicted molar refractivity (Wildman–Crippen MR) is 62.5 cm³/mol. The topological polar surface area (TPSA) is 46.2 Å². The normalized spacial score (nSPS) is 12.9. The smallest absolute Gasteiger partial charge is 0.132 e. The summed E-state index contributed by atoms with van der Waals surface area (Å²) in [4.78, 5) is 0. The van der Waals surface area contributed by atoms with E-state index in [9.17, 15) is 5.11 Å². The Hall–Kier alpha value is -0.540. The van der Waals surface area contributed by atoms with Crippen LogP contribution in [0.3, 0.4) is 0 Å². The Labute approximate surface area is 93.3 Å².